The standard InChI is InChI=1S/C8H12N6O/c1-5(3-15-2)14-8-6(12-13-14)7(9)10-4-11-8/h4-5H,3H2,1-2H3,(H2,9,10,11). The summed E-state index contributed by atoms with van der Waals surface area (Å²) in [6.45, 7) is 2.51. The van der Waals surface area contributed by atoms with Crippen molar-refractivity contribution in [3.05, 3.63) is 6.33 Å². The van der Waals surface area contributed by atoms with E-state index in [0.29, 0.717) is 23.6 Å². The fourth-order valence-electron chi connectivity index (χ4n) is 1.39. The molecule has 7 heteroatoms. The van der Waals surface area contributed by atoms with Crippen molar-refractivity contribution in [2.45, 2.75) is 13.0 Å². The molecule has 2 heterocycles. The Kier molecular flexibility index (Phi) is 2.46. The molecule has 2 rings (SSSR count). The SMILES string of the molecule is COCC(C)n1nnc2c(N)ncnc21. The van der Waals surface area contributed by atoms with E-state index in [1.807, 2.05) is 6.92 Å². The molecule has 7 nitrogen and oxygen atoms in total. The van der Waals surface area contributed by atoms with Crippen molar-refractivity contribution >= 4 is 17.0 Å². The average molecular weight is 208 g/mol. The zero-order chi connectivity index (χ0) is 10.8. The maximum absolute atomic E-state index is 5.65. The predicted octanol–water partition coefficient (Wildman–Crippen LogP) is 0.0109. The molecule has 80 valence electrons. The molecule has 0 aliphatic rings. The largest absolute Gasteiger partial charge is 0.382 e. The summed E-state index contributed by atoms with van der Waals surface area (Å²) in [6.07, 6.45) is 1.40. The Bertz CT molecular complexity index is 467. The fourth-order valence-corrected chi connectivity index (χ4v) is 1.39. The maximum atomic E-state index is 5.65. The highest BCUT2D eigenvalue weighted by molar-refractivity contribution is 5.80. The smallest absolute Gasteiger partial charge is 0.184 e. The summed E-state index contributed by atoms with van der Waals surface area (Å²) < 4.78 is 6.72. The van der Waals surface area contributed by atoms with Gasteiger partial charge in [-0.2, -0.15) is 0 Å². The van der Waals surface area contributed by atoms with E-state index in [1.165, 1.54) is 6.33 Å². The Balaban J connectivity index is 2.49. The summed E-state index contributed by atoms with van der Waals surface area (Å²) in [5, 5.41) is 7.91. The maximum Gasteiger partial charge on any atom is 0.184 e. The van der Waals surface area contributed by atoms with Crippen LogP contribution in [0.5, 0.6) is 0 Å². The van der Waals surface area contributed by atoms with Crippen LogP contribution in [0.15, 0.2) is 6.33 Å². The number of nitrogen functional groups attached to an aromatic ring is 1. The lowest BCUT2D eigenvalue weighted by Crippen LogP contribution is -2.13. The van der Waals surface area contributed by atoms with Gasteiger partial charge in [-0.1, -0.05) is 5.21 Å². The van der Waals surface area contributed by atoms with Crippen LogP contribution >= 0.6 is 0 Å². The second-order valence-electron chi connectivity index (χ2n) is 3.27. The summed E-state index contributed by atoms with van der Waals surface area (Å²) in [5.41, 5.74) is 6.81. The van der Waals surface area contributed by atoms with Gasteiger partial charge in [0.2, 0.25) is 0 Å². The number of nitrogens with two attached hydrogens (primary N) is 1. The molecule has 2 aromatic rings. The quantitative estimate of drug-likeness (QED) is 0.764. The molecule has 0 bridgehead atoms. The van der Waals surface area contributed by atoms with E-state index < -0.39 is 0 Å². The lowest BCUT2D eigenvalue weighted by Gasteiger charge is -2.09. The van der Waals surface area contributed by atoms with Crippen molar-refractivity contribution in [1.29, 1.82) is 0 Å². The van der Waals surface area contributed by atoms with Gasteiger partial charge in [0.15, 0.2) is 17.0 Å². The first-order valence-corrected chi connectivity index (χ1v) is 4.54. The minimum Gasteiger partial charge on any atom is -0.382 e. The number of rotatable bonds is 3. The molecule has 2 N–H and O–H groups in total. The van der Waals surface area contributed by atoms with E-state index in [1.54, 1.807) is 11.8 Å². The van der Waals surface area contributed by atoms with Crippen molar-refractivity contribution in [1.82, 2.24) is 25.0 Å². The molecule has 2 aromatic heterocycles. The first-order chi connectivity index (χ1) is 7.24. The minimum absolute atomic E-state index is 0.0642. The van der Waals surface area contributed by atoms with E-state index >= 15 is 0 Å². The molecule has 0 saturated carbocycles. The lowest BCUT2D eigenvalue weighted by molar-refractivity contribution is 0.157. The van der Waals surface area contributed by atoms with Crippen molar-refractivity contribution in [2.75, 3.05) is 19.5 Å². The average Bonchev–Trinajstić information content (AvgIpc) is 2.63. The number of anilines is 1. The second kappa shape index (κ2) is 3.77. The van der Waals surface area contributed by atoms with Gasteiger partial charge in [0.05, 0.1) is 12.6 Å². The van der Waals surface area contributed by atoms with Crippen LogP contribution in [-0.4, -0.2) is 38.7 Å². The molecule has 1 unspecified atom stereocenters. The molecule has 0 fully saturated rings. The van der Waals surface area contributed by atoms with E-state index in [-0.39, 0.29) is 6.04 Å². The Morgan fingerprint density at radius 2 is 2.33 bits per heavy atom. The van der Waals surface area contributed by atoms with Crippen molar-refractivity contribution in [2.24, 2.45) is 0 Å². The van der Waals surface area contributed by atoms with Crippen LogP contribution in [0.1, 0.15) is 13.0 Å². The fraction of sp³-hybridized carbons (Fsp3) is 0.500. The number of aromatic nitrogens is 5. The number of nitrogens with zero attached hydrogens (tertiary/aromatic N) is 5. The molecular formula is C8H12N6O. The highest BCUT2D eigenvalue weighted by Gasteiger charge is 2.13. The number of hydrogen-bond donors (Lipinski definition) is 1. The van der Waals surface area contributed by atoms with Gasteiger partial charge in [-0.3, -0.25) is 0 Å². The molecular weight excluding hydrogens is 196 g/mol. The van der Waals surface area contributed by atoms with Crippen LogP contribution in [0.3, 0.4) is 0 Å². The Morgan fingerprint density at radius 1 is 1.53 bits per heavy atom. The van der Waals surface area contributed by atoms with Gasteiger partial charge in [-0.15, -0.1) is 5.10 Å². The van der Waals surface area contributed by atoms with Gasteiger partial charge in [0.25, 0.3) is 0 Å². The van der Waals surface area contributed by atoms with Crippen molar-refractivity contribution in [3.8, 4) is 0 Å². The number of fused-ring (bicyclic) bond motifs is 1. The van der Waals surface area contributed by atoms with Gasteiger partial charge >= 0.3 is 0 Å². The van der Waals surface area contributed by atoms with Gasteiger partial charge in [-0.05, 0) is 6.92 Å². The number of hydrogen-bond acceptors (Lipinski definition) is 6. The zero-order valence-electron chi connectivity index (χ0n) is 8.58. The van der Waals surface area contributed by atoms with Crippen LogP contribution in [0.2, 0.25) is 0 Å². The highest BCUT2D eigenvalue weighted by Crippen LogP contribution is 2.16. The van der Waals surface area contributed by atoms with Crippen LogP contribution in [0.25, 0.3) is 11.2 Å². The highest BCUT2D eigenvalue weighted by atomic mass is 16.5. The monoisotopic (exact) mass is 208 g/mol. The molecule has 0 saturated heterocycles. The third kappa shape index (κ3) is 1.61. The predicted molar refractivity (Wildman–Crippen MR) is 54.1 cm³/mol. The molecule has 0 spiro atoms. The minimum atomic E-state index is 0.0642. The van der Waals surface area contributed by atoms with Crippen molar-refractivity contribution in [3.63, 3.8) is 0 Å². The van der Waals surface area contributed by atoms with Gasteiger partial charge in [-0.25, -0.2) is 14.6 Å². The Labute approximate surface area is 86.3 Å². The summed E-state index contributed by atoms with van der Waals surface area (Å²) in [7, 11) is 1.64. The third-order valence-electron chi connectivity index (χ3n) is 2.11. The summed E-state index contributed by atoms with van der Waals surface area (Å²) in [6, 6.07) is 0.0642. The molecule has 1 atom stereocenters. The van der Waals surface area contributed by atoms with E-state index in [9.17, 15) is 0 Å². The summed E-state index contributed by atoms with van der Waals surface area (Å²) in [5.74, 6) is 0.343. The lowest BCUT2D eigenvalue weighted by atomic mass is 10.3. The number of methoxy groups -OCH3 is 1. The second-order valence-corrected chi connectivity index (χ2v) is 3.27. The van der Waals surface area contributed by atoms with Crippen LogP contribution in [-0.2, 0) is 4.74 Å². The van der Waals surface area contributed by atoms with Crippen LogP contribution in [0.4, 0.5) is 5.82 Å². The van der Waals surface area contributed by atoms with Gasteiger partial charge in [0.1, 0.15) is 6.33 Å². The van der Waals surface area contributed by atoms with E-state index in [2.05, 4.69) is 20.3 Å². The number of ether oxygens (including phenoxy) is 1. The molecule has 0 amide bonds. The normalized spacial score (nSPS) is 13.2. The summed E-state index contributed by atoms with van der Waals surface area (Å²) in [4.78, 5) is 7.94. The topological polar surface area (TPSA) is 91.7 Å². The van der Waals surface area contributed by atoms with Crippen molar-refractivity contribution < 1.29 is 4.74 Å². The van der Waals surface area contributed by atoms with E-state index in [0.717, 1.165) is 0 Å². The zero-order valence-corrected chi connectivity index (χ0v) is 8.58. The molecule has 15 heavy (non-hydrogen) atoms. The van der Waals surface area contributed by atoms with Gasteiger partial charge in [0, 0.05) is 7.11 Å². The van der Waals surface area contributed by atoms with E-state index in [4.69, 9.17) is 10.5 Å². The molecule has 0 aromatic carbocycles. The van der Waals surface area contributed by atoms with Crippen LogP contribution < -0.4 is 5.73 Å². The first-order valence-electron chi connectivity index (χ1n) is 4.54. The molecule has 0 aliphatic heterocycles. The Morgan fingerprint density at radius 3 is 3.07 bits per heavy atom. The van der Waals surface area contributed by atoms with Gasteiger partial charge < -0.3 is 10.5 Å². The molecule has 0 aliphatic carbocycles. The summed E-state index contributed by atoms with van der Waals surface area (Å²) >= 11 is 0. The third-order valence-corrected chi connectivity index (χ3v) is 2.11. The Hall–Kier alpha value is -1.76. The van der Waals surface area contributed by atoms with Crippen LogP contribution in [0, 0.1) is 0 Å². The first kappa shape index (κ1) is 9.78. The molecule has 0 radical (unpaired) electrons.